The zero-order chi connectivity index (χ0) is 15.2. The second kappa shape index (κ2) is 17.9. The zero-order valence-corrected chi connectivity index (χ0v) is 14.2. The van der Waals surface area contributed by atoms with Gasteiger partial charge in [-0.1, -0.05) is 82.7 Å². The van der Waals surface area contributed by atoms with E-state index in [2.05, 4.69) is 56.4 Å². The first-order chi connectivity index (χ1) is 9.77. The number of rotatable bonds is 3. The average molecular weight is 313 g/mol. The Labute approximate surface area is 140 Å². The van der Waals surface area contributed by atoms with Gasteiger partial charge in [-0.3, -0.25) is 0 Å². The molecule has 0 aliphatic heterocycles. The van der Waals surface area contributed by atoms with Gasteiger partial charge in [0.2, 0.25) is 0 Å². The molecule has 0 aromatic heterocycles. The summed E-state index contributed by atoms with van der Waals surface area (Å²) in [5.41, 5.74) is 1.42. The Hall–Kier alpha value is -1.12. The molecule has 0 saturated carbocycles. The number of hydrogen-bond donors (Lipinski definition) is 1. The molecule has 0 fully saturated rings. The summed E-state index contributed by atoms with van der Waals surface area (Å²) in [5.74, 6) is 1.45. The van der Waals surface area contributed by atoms with Crippen LogP contribution in [0.15, 0.2) is 48.1 Å². The first kappa shape index (κ1) is 25.8. The minimum absolute atomic E-state index is 0. The lowest BCUT2D eigenvalue weighted by Crippen LogP contribution is -2.12. The van der Waals surface area contributed by atoms with Crippen LogP contribution in [0, 0.1) is 11.8 Å². The summed E-state index contributed by atoms with van der Waals surface area (Å²) >= 11 is 0. The Bertz CT molecular complexity index is 342. The van der Waals surface area contributed by atoms with Gasteiger partial charge in [-0.05, 0) is 38.0 Å². The normalized spacial score (nSPS) is 21.0. The first-order valence-electron chi connectivity index (χ1n) is 8.07. The molecule has 22 heavy (non-hydrogen) atoms. The van der Waals surface area contributed by atoms with Crippen molar-refractivity contribution in [3.8, 4) is 0 Å². The molecule has 2 aliphatic carbocycles. The van der Waals surface area contributed by atoms with Crippen LogP contribution in [0.2, 0.25) is 0 Å². The molecule has 0 saturated heterocycles. The van der Waals surface area contributed by atoms with Crippen LogP contribution >= 0.6 is 0 Å². The second-order valence-electron chi connectivity index (χ2n) is 5.00. The van der Waals surface area contributed by atoms with Crippen LogP contribution in [-0.2, 0) is 0 Å². The van der Waals surface area contributed by atoms with E-state index in [0.717, 1.165) is 24.7 Å². The molecule has 3 N–H and O–H groups in total. The lowest BCUT2D eigenvalue weighted by atomic mass is 9.82. The molecular weight excluding hydrogens is 272 g/mol. The fourth-order valence-corrected chi connectivity index (χ4v) is 2.25. The van der Waals surface area contributed by atoms with Crippen LogP contribution in [0.4, 0.5) is 0 Å². The summed E-state index contributed by atoms with van der Waals surface area (Å²) in [7, 11) is 0. The summed E-state index contributed by atoms with van der Waals surface area (Å²) in [6, 6.07) is 0. The summed E-state index contributed by atoms with van der Waals surface area (Å²) in [6.07, 6.45) is 20.3. The van der Waals surface area contributed by atoms with Crippen molar-refractivity contribution in [2.24, 2.45) is 11.8 Å². The maximum absolute atomic E-state index is 8.07. The smallest absolute Gasteiger partial charge is 0.0430 e. The van der Waals surface area contributed by atoms with E-state index < -0.39 is 0 Å². The molecule has 0 radical (unpaired) electrons. The van der Waals surface area contributed by atoms with Crippen LogP contribution in [0.25, 0.3) is 0 Å². The number of hydrogen-bond acceptors (Lipinski definition) is 1. The lowest BCUT2D eigenvalue weighted by molar-refractivity contribution is 0.287. The monoisotopic (exact) mass is 312 g/mol. The summed E-state index contributed by atoms with van der Waals surface area (Å²) in [4.78, 5) is 0. The second-order valence-corrected chi connectivity index (χ2v) is 5.00. The molecule has 2 rings (SSSR count). The van der Waals surface area contributed by atoms with Crippen molar-refractivity contribution >= 4 is 0 Å². The zero-order valence-electron chi connectivity index (χ0n) is 14.2. The molecule has 132 valence electrons. The standard InChI is InChI=1S/C13H16.C4H10O.C2H6.CH4.H2O.H2/c1-11-6-5-9-13(10-11)12-7-3-2-4-8-12;1-2-3-4-5;1-2;;;/h2-7,10,12-13H,8-9H2,1H3;5H,2-4H2,1H3;1-2H3;1H4;1H2;1H. The van der Waals surface area contributed by atoms with Gasteiger partial charge in [0.1, 0.15) is 0 Å². The third kappa shape index (κ3) is 11.5. The molecule has 2 atom stereocenters. The Morgan fingerprint density at radius 3 is 2.18 bits per heavy atom. The van der Waals surface area contributed by atoms with Gasteiger partial charge in [-0.25, -0.2) is 0 Å². The molecule has 0 amide bonds. The summed E-state index contributed by atoms with van der Waals surface area (Å²) in [6.45, 7) is 8.58. The number of unbranched alkanes of at least 4 members (excludes halogenated alkanes) is 1. The van der Waals surface area contributed by atoms with E-state index in [1.54, 1.807) is 0 Å². The van der Waals surface area contributed by atoms with Crippen LogP contribution in [0.5, 0.6) is 0 Å². The van der Waals surface area contributed by atoms with Crippen molar-refractivity contribution in [1.29, 1.82) is 0 Å². The molecule has 0 bridgehead atoms. The van der Waals surface area contributed by atoms with Gasteiger partial charge in [0.15, 0.2) is 0 Å². The van der Waals surface area contributed by atoms with Crippen molar-refractivity contribution in [3.05, 3.63) is 48.1 Å². The number of aliphatic hydroxyl groups excluding tert-OH is 1. The SMILES string of the molecule is C.CC.CC1=CC(C2C=CC=CC2)CC=C1.CCCCO.O.[HH]. The van der Waals surface area contributed by atoms with E-state index in [4.69, 9.17) is 5.11 Å². The van der Waals surface area contributed by atoms with Crippen LogP contribution in [0.1, 0.15) is 62.2 Å². The fraction of sp³-hybridized carbons (Fsp3) is 0.600. The molecule has 2 nitrogen and oxygen atoms in total. The van der Waals surface area contributed by atoms with Crippen molar-refractivity contribution in [2.45, 2.75) is 60.8 Å². The van der Waals surface area contributed by atoms with Gasteiger partial charge in [0.05, 0.1) is 0 Å². The highest BCUT2D eigenvalue weighted by Crippen LogP contribution is 2.29. The van der Waals surface area contributed by atoms with Crippen molar-refractivity contribution in [1.82, 2.24) is 0 Å². The lowest BCUT2D eigenvalue weighted by Gasteiger charge is -2.23. The number of allylic oxidation sites excluding steroid dienone is 8. The average Bonchev–Trinajstić information content (AvgIpc) is 2.52. The molecule has 2 unspecified atom stereocenters. The summed E-state index contributed by atoms with van der Waals surface area (Å²) in [5, 5.41) is 8.07. The minimum atomic E-state index is 0. The fourth-order valence-electron chi connectivity index (χ4n) is 2.25. The van der Waals surface area contributed by atoms with E-state index >= 15 is 0 Å². The largest absolute Gasteiger partial charge is 0.412 e. The summed E-state index contributed by atoms with van der Waals surface area (Å²) < 4.78 is 0. The first-order valence-corrected chi connectivity index (χ1v) is 8.07. The van der Waals surface area contributed by atoms with Gasteiger partial charge in [-0.15, -0.1) is 0 Å². The third-order valence-electron chi connectivity index (χ3n) is 3.34. The van der Waals surface area contributed by atoms with Gasteiger partial charge in [-0.2, -0.15) is 0 Å². The van der Waals surface area contributed by atoms with E-state index in [1.165, 1.54) is 18.4 Å². The van der Waals surface area contributed by atoms with Gasteiger partial charge in [0.25, 0.3) is 0 Å². The van der Waals surface area contributed by atoms with Crippen LogP contribution < -0.4 is 0 Å². The molecular formula is C20H40O2. The molecule has 0 spiro atoms. The molecule has 0 heterocycles. The predicted molar refractivity (Wildman–Crippen MR) is 103 cm³/mol. The van der Waals surface area contributed by atoms with Gasteiger partial charge < -0.3 is 10.6 Å². The number of aliphatic hydroxyl groups is 1. The maximum atomic E-state index is 8.07. The molecule has 0 aromatic carbocycles. The molecule has 2 aliphatic rings. The molecule has 0 aromatic rings. The van der Waals surface area contributed by atoms with Crippen LogP contribution in [-0.4, -0.2) is 17.2 Å². The van der Waals surface area contributed by atoms with Gasteiger partial charge >= 0.3 is 0 Å². The highest BCUT2D eigenvalue weighted by atomic mass is 16.2. The van der Waals surface area contributed by atoms with Crippen molar-refractivity contribution in [2.75, 3.05) is 6.61 Å². The van der Waals surface area contributed by atoms with E-state index in [0.29, 0.717) is 6.61 Å². The van der Waals surface area contributed by atoms with Crippen molar-refractivity contribution in [3.63, 3.8) is 0 Å². The third-order valence-corrected chi connectivity index (χ3v) is 3.34. The van der Waals surface area contributed by atoms with E-state index in [-0.39, 0.29) is 14.3 Å². The highest BCUT2D eigenvalue weighted by molar-refractivity contribution is 5.24. The minimum Gasteiger partial charge on any atom is -0.412 e. The van der Waals surface area contributed by atoms with Gasteiger partial charge in [0, 0.05) is 8.03 Å². The Balaban J connectivity index is -0.000000159. The Kier molecular flexibility index (Phi) is 21.0. The topological polar surface area (TPSA) is 51.7 Å². The van der Waals surface area contributed by atoms with E-state index in [1.807, 2.05) is 13.8 Å². The highest BCUT2D eigenvalue weighted by Gasteiger charge is 2.17. The maximum Gasteiger partial charge on any atom is 0.0430 e. The predicted octanol–water partition coefficient (Wildman–Crippen LogP) is 5.50. The molecule has 2 heteroatoms. The van der Waals surface area contributed by atoms with E-state index in [9.17, 15) is 0 Å². The van der Waals surface area contributed by atoms with Crippen LogP contribution in [0.3, 0.4) is 0 Å². The van der Waals surface area contributed by atoms with Crippen molar-refractivity contribution < 1.29 is 12.0 Å². The Morgan fingerprint density at radius 1 is 1.14 bits per heavy atom. The quantitative estimate of drug-likeness (QED) is 0.734. The Morgan fingerprint density at radius 2 is 1.77 bits per heavy atom.